The lowest BCUT2D eigenvalue weighted by Gasteiger charge is -2.37. The van der Waals surface area contributed by atoms with E-state index in [2.05, 4.69) is 35.1 Å². The van der Waals surface area contributed by atoms with E-state index in [1.807, 2.05) is 27.7 Å². The molecule has 0 aromatic rings. The summed E-state index contributed by atoms with van der Waals surface area (Å²) >= 11 is 0. The molecule has 0 saturated carbocycles. The standard InChI is InChI=1S/C19H38N4O3/c1-8-16(24)20-10-19(23-9-13(2)3,11-21-17(25)14(4)5)12-22-18(26)15(6)7/h13-15,23H,8-12H2,1-7H3,(H,20,24)(H,21,25)(H,22,26). The van der Waals surface area contributed by atoms with E-state index in [0.29, 0.717) is 38.5 Å². The summed E-state index contributed by atoms with van der Waals surface area (Å²) in [6.45, 7) is 15.0. The lowest BCUT2D eigenvalue weighted by Crippen LogP contribution is -2.65. The SMILES string of the molecule is CCC(=O)NCC(CNC(=O)C(C)C)(CNC(=O)C(C)C)NCC(C)C. The van der Waals surface area contributed by atoms with E-state index in [-0.39, 0.29) is 29.6 Å². The maximum absolute atomic E-state index is 12.1. The first-order chi connectivity index (χ1) is 12.0. The maximum Gasteiger partial charge on any atom is 0.222 e. The van der Waals surface area contributed by atoms with Crippen molar-refractivity contribution in [2.45, 2.75) is 60.4 Å². The third-order valence-electron chi connectivity index (χ3n) is 4.08. The van der Waals surface area contributed by atoms with Crippen molar-refractivity contribution in [2.24, 2.45) is 17.8 Å². The van der Waals surface area contributed by atoms with Crippen molar-refractivity contribution in [3.8, 4) is 0 Å². The Kier molecular flexibility index (Phi) is 11.1. The minimum Gasteiger partial charge on any atom is -0.354 e. The lowest BCUT2D eigenvalue weighted by atomic mass is 9.96. The van der Waals surface area contributed by atoms with Gasteiger partial charge < -0.3 is 21.3 Å². The van der Waals surface area contributed by atoms with E-state index in [9.17, 15) is 14.4 Å². The van der Waals surface area contributed by atoms with Gasteiger partial charge in [-0.15, -0.1) is 0 Å². The van der Waals surface area contributed by atoms with Crippen LogP contribution in [-0.4, -0.2) is 49.4 Å². The Bertz CT molecular complexity index is 438. The van der Waals surface area contributed by atoms with E-state index >= 15 is 0 Å². The Hall–Kier alpha value is -1.63. The first-order valence-electron chi connectivity index (χ1n) is 9.60. The van der Waals surface area contributed by atoms with Crippen molar-refractivity contribution >= 4 is 17.7 Å². The molecule has 0 fully saturated rings. The van der Waals surface area contributed by atoms with Crippen LogP contribution in [0.15, 0.2) is 0 Å². The Labute approximate surface area is 158 Å². The molecule has 7 nitrogen and oxygen atoms in total. The van der Waals surface area contributed by atoms with E-state index < -0.39 is 5.54 Å². The van der Waals surface area contributed by atoms with Gasteiger partial charge in [-0.2, -0.15) is 0 Å². The summed E-state index contributed by atoms with van der Waals surface area (Å²) in [5.41, 5.74) is -0.649. The van der Waals surface area contributed by atoms with E-state index in [1.165, 1.54) is 0 Å². The topological polar surface area (TPSA) is 99.3 Å². The normalized spacial score (nSPS) is 11.8. The van der Waals surface area contributed by atoms with Crippen molar-refractivity contribution in [2.75, 3.05) is 26.2 Å². The lowest BCUT2D eigenvalue weighted by molar-refractivity contribution is -0.124. The summed E-state index contributed by atoms with van der Waals surface area (Å²) in [4.78, 5) is 35.9. The fourth-order valence-electron chi connectivity index (χ4n) is 2.11. The average molecular weight is 371 g/mol. The molecule has 0 heterocycles. The summed E-state index contributed by atoms with van der Waals surface area (Å²) in [6, 6.07) is 0. The fraction of sp³-hybridized carbons (Fsp3) is 0.842. The van der Waals surface area contributed by atoms with Crippen LogP contribution in [0, 0.1) is 17.8 Å². The van der Waals surface area contributed by atoms with Crippen molar-refractivity contribution in [1.82, 2.24) is 21.3 Å². The van der Waals surface area contributed by atoms with Crippen LogP contribution in [0.25, 0.3) is 0 Å². The Balaban J connectivity index is 5.31. The van der Waals surface area contributed by atoms with Gasteiger partial charge >= 0.3 is 0 Å². The molecular formula is C19H38N4O3. The molecule has 0 aromatic carbocycles. The maximum atomic E-state index is 12.1. The van der Waals surface area contributed by atoms with Gasteiger partial charge in [0, 0.05) is 37.9 Å². The number of carbonyl (C=O) groups excluding carboxylic acids is 3. The van der Waals surface area contributed by atoms with Gasteiger partial charge in [0.25, 0.3) is 0 Å². The molecule has 0 bridgehead atoms. The van der Waals surface area contributed by atoms with Crippen LogP contribution < -0.4 is 21.3 Å². The molecule has 3 amide bonds. The molecule has 0 aliphatic rings. The molecule has 0 atom stereocenters. The molecule has 0 aliphatic carbocycles. The van der Waals surface area contributed by atoms with Gasteiger partial charge in [0.15, 0.2) is 0 Å². The third-order valence-corrected chi connectivity index (χ3v) is 4.08. The number of amides is 3. The van der Waals surface area contributed by atoms with Gasteiger partial charge in [-0.05, 0) is 12.5 Å². The number of carbonyl (C=O) groups is 3. The first-order valence-corrected chi connectivity index (χ1v) is 9.60. The van der Waals surface area contributed by atoms with Gasteiger partial charge in [-0.1, -0.05) is 48.5 Å². The minimum atomic E-state index is -0.649. The van der Waals surface area contributed by atoms with E-state index in [4.69, 9.17) is 0 Å². The summed E-state index contributed by atoms with van der Waals surface area (Å²) in [7, 11) is 0. The molecule has 26 heavy (non-hydrogen) atoms. The molecule has 0 rings (SSSR count). The highest BCUT2D eigenvalue weighted by molar-refractivity contribution is 5.79. The molecule has 0 unspecified atom stereocenters. The van der Waals surface area contributed by atoms with Crippen LogP contribution in [0.5, 0.6) is 0 Å². The smallest absolute Gasteiger partial charge is 0.222 e. The van der Waals surface area contributed by atoms with Crippen molar-refractivity contribution < 1.29 is 14.4 Å². The molecule has 0 radical (unpaired) electrons. The van der Waals surface area contributed by atoms with Crippen LogP contribution >= 0.6 is 0 Å². The molecule has 0 aromatic heterocycles. The van der Waals surface area contributed by atoms with Gasteiger partial charge in [-0.25, -0.2) is 0 Å². The van der Waals surface area contributed by atoms with E-state index in [0.717, 1.165) is 0 Å². The zero-order chi connectivity index (χ0) is 20.3. The van der Waals surface area contributed by atoms with Crippen LogP contribution in [0.2, 0.25) is 0 Å². The largest absolute Gasteiger partial charge is 0.354 e. The zero-order valence-electron chi connectivity index (χ0n) is 17.5. The van der Waals surface area contributed by atoms with Crippen molar-refractivity contribution in [1.29, 1.82) is 0 Å². The number of hydrogen-bond donors (Lipinski definition) is 4. The third kappa shape index (κ3) is 9.75. The number of hydrogen-bond acceptors (Lipinski definition) is 4. The summed E-state index contributed by atoms with van der Waals surface area (Å²) in [5, 5.41) is 12.2. The molecule has 152 valence electrons. The molecule has 7 heteroatoms. The number of rotatable bonds is 12. The molecule has 0 aliphatic heterocycles. The van der Waals surface area contributed by atoms with Gasteiger partial charge in [0.1, 0.15) is 0 Å². The number of nitrogens with one attached hydrogen (secondary N) is 4. The van der Waals surface area contributed by atoms with Gasteiger partial charge in [0.2, 0.25) is 17.7 Å². The second-order valence-corrected chi connectivity index (χ2v) is 7.93. The first kappa shape index (κ1) is 24.4. The second-order valence-electron chi connectivity index (χ2n) is 7.93. The predicted molar refractivity (Wildman–Crippen MR) is 105 cm³/mol. The van der Waals surface area contributed by atoms with Crippen molar-refractivity contribution in [3.63, 3.8) is 0 Å². The van der Waals surface area contributed by atoms with E-state index in [1.54, 1.807) is 6.92 Å². The second kappa shape index (κ2) is 11.9. The Morgan fingerprint density at radius 1 is 0.769 bits per heavy atom. The zero-order valence-corrected chi connectivity index (χ0v) is 17.5. The van der Waals surface area contributed by atoms with Crippen LogP contribution in [0.4, 0.5) is 0 Å². The Morgan fingerprint density at radius 3 is 1.54 bits per heavy atom. The molecule has 0 spiro atoms. The molecule has 0 saturated heterocycles. The van der Waals surface area contributed by atoms with Crippen LogP contribution in [0.1, 0.15) is 54.9 Å². The highest BCUT2D eigenvalue weighted by Gasteiger charge is 2.32. The van der Waals surface area contributed by atoms with Crippen molar-refractivity contribution in [3.05, 3.63) is 0 Å². The average Bonchev–Trinajstić information content (AvgIpc) is 2.58. The highest BCUT2D eigenvalue weighted by atomic mass is 16.2. The van der Waals surface area contributed by atoms with Crippen LogP contribution in [-0.2, 0) is 14.4 Å². The van der Waals surface area contributed by atoms with Gasteiger partial charge in [0.05, 0.1) is 5.54 Å². The molecular weight excluding hydrogens is 332 g/mol. The highest BCUT2D eigenvalue weighted by Crippen LogP contribution is 2.06. The molecule has 4 N–H and O–H groups in total. The fourth-order valence-corrected chi connectivity index (χ4v) is 2.11. The summed E-state index contributed by atoms with van der Waals surface area (Å²) in [6.07, 6.45) is 0.386. The Morgan fingerprint density at radius 2 is 1.19 bits per heavy atom. The monoisotopic (exact) mass is 370 g/mol. The van der Waals surface area contributed by atoms with Gasteiger partial charge in [-0.3, -0.25) is 14.4 Å². The summed E-state index contributed by atoms with van der Waals surface area (Å²) < 4.78 is 0. The van der Waals surface area contributed by atoms with Crippen LogP contribution in [0.3, 0.4) is 0 Å². The predicted octanol–water partition coefficient (Wildman–Crippen LogP) is 1.04. The summed E-state index contributed by atoms with van der Waals surface area (Å²) in [5.74, 6) is -0.0547. The minimum absolute atomic E-state index is 0.0577. The quantitative estimate of drug-likeness (QED) is 0.412.